The number of nitrogens with zero attached hydrogens (tertiary/aromatic N) is 1. The predicted molar refractivity (Wildman–Crippen MR) is 114 cm³/mol. The van der Waals surface area contributed by atoms with Crippen molar-refractivity contribution in [3.63, 3.8) is 0 Å². The lowest BCUT2D eigenvalue weighted by atomic mass is 9.74. The Bertz CT molecular complexity index is 747. The molecule has 158 valence electrons. The van der Waals surface area contributed by atoms with Crippen LogP contribution in [0.5, 0.6) is 0 Å². The molecular formula is C20H32ClN3O3S. The number of sulfonamides is 1. The van der Waals surface area contributed by atoms with E-state index in [1.54, 1.807) is 4.31 Å². The summed E-state index contributed by atoms with van der Waals surface area (Å²) in [5.74, 6) is -0.0882. The molecule has 1 heterocycles. The van der Waals surface area contributed by atoms with Gasteiger partial charge in [0.05, 0.1) is 11.7 Å². The van der Waals surface area contributed by atoms with Crippen LogP contribution in [0.2, 0.25) is 0 Å². The molecule has 2 unspecified atom stereocenters. The maximum Gasteiger partial charge on any atom is 0.225 e. The van der Waals surface area contributed by atoms with Gasteiger partial charge in [0.2, 0.25) is 15.9 Å². The fraction of sp³-hybridized carbons (Fsp3) is 0.650. The van der Waals surface area contributed by atoms with Crippen LogP contribution in [0.3, 0.4) is 0 Å². The summed E-state index contributed by atoms with van der Waals surface area (Å²) in [5, 5.41) is 3.13. The van der Waals surface area contributed by atoms with E-state index in [1.165, 1.54) is 0 Å². The molecule has 1 aromatic carbocycles. The maximum absolute atomic E-state index is 12.7. The normalized spacial score (nSPS) is 27.0. The van der Waals surface area contributed by atoms with Crippen LogP contribution in [0.25, 0.3) is 0 Å². The van der Waals surface area contributed by atoms with E-state index in [4.69, 9.17) is 5.73 Å². The van der Waals surface area contributed by atoms with Crippen LogP contribution in [-0.2, 0) is 20.6 Å². The number of carbonyl (C=O) groups excluding carboxylic acids is 1. The Kier molecular flexibility index (Phi) is 7.90. The van der Waals surface area contributed by atoms with Gasteiger partial charge in [0.15, 0.2) is 0 Å². The standard InChI is InChI=1S/C20H31N3O3S.ClH/c1-20(21)12-6-5-9-18(20)19(24)22-17-10-13-23(14-11-17)27(25,26)15-16-7-3-2-4-8-16;/h2-4,7-8,17-18H,5-6,9-15,21H2,1H3,(H,22,24);1H. The monoisotopic (exact) mass is 429 g/mol. The first kappa shape index (κ1) is 23.1. The van der Waals surface area contributed by atoms with Crippen molar-refractivity contribution in [2.45, 2.75) is 62.8 Å². The Morgan fingerprint density at radius 1 is 1.18 bits per heavy atom. The van der Waals surface area contributed by atoms with E-state index in [0.29, 0.717) is 25.9 Å². The molecule has 1 aromatic rings. The van der Waals surface area contributed by atoms with E-state index in [0.717, 1.165) is 31.2 Å². The molecule has 3 rings (SSSR count). The molecule has 8 heteroatoms. The summed E-state index contributed by atoms with van der Waals surface area (Å²) >= 11 is 0. The van der Waals surface area contributed by atoms with Gasteiger partial charge in [0.1, 0.15) is 0 Å². The van der Waals surface area contributed by atoms with E-state index in [9.17, 15) is 13.2 Å². The van der Waals surface area contributed by atoms with E-state index < -0.39 is 15.6 Å². The third-order valence-electron chi connectivity index (χ3n) is 5.96. The average Bonchev–Trinajstić information content (AvgIpc) is 2.62. The topological polar surface area (TPSA) is 92.5 Å². The molecule has 3 N–H and O–H groups in total. The van der Waals surface area contributed by atoms with Gasteiger partial charge in [0, 0.05) is 24.7 Å². The molecule has 1 aliphatic heterocycles. The predicted octanol–water partition coefficient (Wildman–Crippen LogP) is 2.43. The lowest BCUT2D eigenvalue weighted by Crippen LogP contribution is -2.55. The summed E-state index contributed by atoms with van der Waals surface area (Å²) in [7, 11) is -3.33. The molecule has 1 saturated heterocycles. The second kappa shape index (κ2) is 9.57. The third kappa shape index (κ3) is 5.69. The van der Waals surface area contributed by atoms with Gasteiger partial charge in [-0.1, -0.05) is 43.2 Å². The van der Waals surface area contributed by atoms with Gasteiger partial charge in [-0.2, -0.15) is 0 Å². The number of amides is 1. The summed E-state index contributed by atoms with van der Waals surface area (Å²) < 4.78 is 26.8. The van der Waals surface area contributed by atoms with Crippen molar-refractivity contribution in [3.05, 3.63) is 35.9 Å². The molecule has 0 spiro atoms. The van der Waals surface area contributed by atoms with Crippen LogP contribution in [0.4, 0.5) is 0 Å². The number of rotatable bonds is 5. The summed E-state index contributed by atoms with van der Waals surface area (Å²) in [6.07, 6.45) is 5.13. The highest BCUT2D eigenvalue weighted by molar-refractivity contribution is 7.88. The summed E-state index contributed by atoms with van der Waals surface area (Å²) in [6, 6.07) is 9.27. The molecule has 0 radical (unpaired) electrons. The second-order valence-electron chi connectivity index (χ2n) is 8.23. The second-order valence-corrected chi connectivity index (χ2v) is 10.2. The van der Waals surface area contributed by atoms with Crippen LogP contribution in [0.15, 0.2) is 30.3 Å². The molecule has 0 bridgehead atoms. The van der Waals surface area contributed by atoms with Gasteiger partial charge in [-0.05, 0) is 38.2 Å². The number of hydrogen-bond acceptors (Lipinski definition) is 4. The van der Waals surface area contributed by atoms with E-state index in [2.05, 4.69) is 5.32 Å². The minimum Gasteiger partial charge on any atom is -0.353 e. The van der Waals surface area contributed by atoms with Crippen molar-refractivity contribution in [2.24, 2.45) is 11.7 Å². The average molecular weight is 430 g/mol. The van der Waals surface area contributed by atoms with E-state index in [1.807, 2.05) is 37.3 Å². The minimum atomic E-state index is -3.33. The molecule has 28 heavy (non-hydrogen) atoms. The molecule has 1 saturated carbocycles. The molecule has 2 fully saturated rings. The lowest BCUT2D eigenvalue weighted by Gasteiger charge is -2.39. The molecule has 2 atom stereocenters. The fourth-order valence-corrected chi connectivity index (χ4v) is 5.81. The fourth-order valence-electron chi connectivity index (χ4n) is 4.25. The smallest absolute Gasteiger partial charge is 0.225 e. The highest BCUT2D eigenvalue weighted by Crippen LogP contribution is 2.32. The lowest BCUT2D eigenvalue weighted by molar-refractivity contribution is -0.129. The number of hydrogen-bond donors (Lipinski definition) is 2. The molecule has 0 aromatic heterocycles. The summed E-state index contributed by atoms with van der Waals surface area (Å²) in [6.45, 7) is 2.87. The molecular weight excluding hydrogens is 398 g/mol. The van der Waals surface area contributed by atoms with Crippen LogP contribution in [0, 0.1) is 5.92 Å². The molecule has 1 amide bonds. The Morgan fingerprint density at radius 3 is 2.43 bits per heavy atom. The van der Waals surface area contributed by atoms with Crippen molar-refractivity contribution in [2.75, 3.05) is 13.1 Å². The SMILES string of the molecule is CC1(N)CCCCC1C(=O)NC1CCN(S(=O)(=O)Cc2ccccc2)CC1.Cl. The number of nitrogens with one attached hydrogen (secondary N) is 1. The minimum absolute atomic E-state index is 0. The number of benzene rings is 1. The summed E-state index contributed by atoms with van der Waals surface area (Å²) in [4.78, 5) is 12.7. The van der Waals surface area contributed by atoms with Gasteiger partial charge in [-0.3, -0.25) is 4.79 Å². The molecule has 2 aliphatic rings. The Hall–Kier alpha value is -1.15. The van der Waals surface area contributed by atoms with E-state index in [-0.39, 0.29) is 36.0 Å². The zero-order chi connectivity index (χ0) is 19.5. The zero-order valence-corrected chi connectivity index (χ0v) is 18.1. The van der Waals surface area contributed by atoms with Crippen molar-refractivity contribution in [1.29, 1.82) is 0 Å². The molecule has 6 nitrogen and oxygen atoms in total. The van der Waals surface area contributed by atoms with Gasteiger partial charge in [-0.15, -0.1) is 12.4 Å². The van der Waals surface area contributed by atoms with Gasteiger partial charge in [-0.25, -0.2) is 12.7 Å². The summed E-state index contributed by atoms with van der Waals surface area (Å²) in [5.41, 5.74) is 6.69. The first-order valence-electron chi connectivity index (χ1n) is 9.89. The van der Waals surface area contributed by atoms with Crippen molar-refractivity contribution in [3.8, 4) is 0 Å². The Balaban J connectivity index is 0.00000280. The first-order chi connectivity index (χ1) is 12.8. The Labute approximate surface area is 174 Å². The van der Waals surface area contributed by atoms with Gasteiger partial charge in [0.25, 0.3) is 0 Å². The van der Waals surface area contributed by atoms with Crippen LogP contribution in [-0.4, -0.2) is 43.3 Å². The van der Waals surface area contributed by atoms with Crippen LogP contribution in [0.1, 0.15) is 51.0 Å². The largest absolute Gasteiger partial charge is 0.353 e. The zero-order valence-electron chi connectivity index (χ0n) is 16.5. The third-order valence-corrected chi connectivity index (χ3v) is 7.81. The quantitative estimate of drug-likeness (QED) is 0.751. The Morgan fingerprint density at radius 2 is 1.82 bits per heavy atom. The highest BCUT2D eigenvalue weighted by atomic mass is 35.5. The van der Waals surface area contributed by atoms with Crippen molar-refractivity contribution < 1.29 is 13.2 Å². The van der Waals surface area contributed by atoms with Crippen molar-refractivity contribution >= 4 is 28.3 Å². The molecule has 1 aliphatic carbocycles. The number of piperidine rings is 1. The van der Waals surface area contributed by atoms with E-state index >= 15 is 0 Å². The van der Waals surface area contributed by atoms with Gasteiger partial charge < -0.3 is 11.1 Å². The highest BCUT2D eigenvalue weighted by Gasteiger charge is 2.39. The first-order valence-corrected chi connectivity index (χ1v) is 11.5. The van der Waals surface area contributed by atoms with Crippen LogP contribution >= 0.6 is 12.4 Å². The van der Waals surface area contributed by atoms with Crippen molar-refractivity contribution in [1.82, 2.24) is 9.62 Å². The maximum atomic E-state index is 12.7. The number of halogens is 1. The van der Waals surface area contributed by atoms with Crippen LogP contribution < -0.4 is 11.1 Å². The number of nitrogens with two attached hydrogens (primary N) is 1. The van der Waals surface area contributed by atoms with Gasteiger partial charge >= 0.3 is 0 Å². The number of carbonyl (C=O) groups is 1.